The number of halogens is 1. The van der Waals surface area contributed by atoms with E-state index in [9.17, 15) is 0 Å². The zero-order chi connectivity index (χ0) is 18.5. The highest BCUT2D eigenvalue weighted by Crippen LogP contribution is 2.27. The molecule has 0 spiro atoms. The van der Waals surface area contributed by atoms with E-state index in [-0.39, 0.29) is 0 Å². The monoisotopic (exact) mass is 374 g/mol. The van der Waals surface area contributed by atoms with Gasteiger partial charge in [-0.2, -0.15) is 4.98 Å². The lowest BCUT2D eigenvalue weighted by Crippen LogP contribution is -2.33. The summed E-state index contributed by atoms with van der Waals surface area (Å²) in [7, 11) is 1.76. The number of benzene rings is 1. The van der Waals surface area contributed by atoms with Crippen LogP contribution < -0.4 is 10.2 Å². The molecule has 1 fully saturated rings. The molecule has 2 aromatic rings. The van der Waals surface area contributed by atoms with Crippen molar-refractivity contribution in [3.63, 3.8) is 0 Å². The number of anilines is 3. The first kappa shape index (κ1) is 18.9. The Morgan fingerprint density at radius 2 is 2.15 bits per heavy atom. The van der Waals surface area contributed by atoms with Crippen molar-refractivity contribution in [3.05, 3.63) is 40.5 Å². The summed E-state index contributed by atoms with van der Waals surface area (Å²) in [6, 6.07) is 8.41. The van der Waals surface area contributed by atoms with Crippen LogP contribution in [0.4, 0.5) is 17.5 Å². The Kier molecular flexibility index (Phi) is 6.33. The molecule has 0 aliphatic carbocycles. The van der Waals surface area contributed by atoms with Crippen LogP contribution in [0.25, 0.3) is 0 Å². The molecule has 2 heterocycles. The Balaban J connectivity index is 1.89. The van der Waals surface area contributed by atoms with Crippen molar-refractivity contribution in [2.24, 2.45) is 0 Å². The van der Waals surface area contributed by atoms with E-state index in [4.69, 9.17) is 21.3 Å². The number of methoxy groups -OCH3 is 1. The maximum absolute atomic E-state index is 6.25. The van der Waals surface area contributed by atoms with Gasteiger partial charge in [0, 0.05) is 36.1 Å². The first-order valence-electron chi connectivity index (χ1n) is 9.27. The summed E-state index contributed by atoms with van der Waals surface area (Å²) in [5.74, 6) is 1.60. The summed E-state index contributed by atoms with van der Waals surface area (Å²) in [5.41, 5.74) is 3.01. The van der Waals surface area contributed by atoms with E-state index in [1.165, 1.54) is 0 Å². The second-order valence-electron chi connectivity index (χ2n) is 6.82. The van der Waals surface area contributed by atoms with E-state index in [0.717, 1.165) is 66.6 Å². The maximum atomic E-state index is 6.25. The summed E-state index contributed by atoms with van der Waals surface area (Å²) >= 11 is 6.25. The molecule has 0 saturated carbocycles. The summed E-state index contributed by atoms with van der Waals surface area (Å²) in [6.45, 7) is 5.89. The minimum atomic E-state index is 0.381. The largest absolute Gasteiger partial charge is 0.383 e. The van der Waals surface area contributed by atoms with E-state index in [1.54, 1.807) is 7.11 Å². The molecule has 1 unspecified atom stereocenters. The van der Waals surface area contributed by atoms with Crippen molar-refractivity contribution in [2.45, 2.75) is 45.6 Å². The van der Waals surface area contributed by atoms with Gasteiger partial charge in [-0.3, -0.25) is 0 Å². The fourth-order valence-corrected chi connectivity index (χ4v) is 3.55. The van der Waals surface area contributed by atoms with Gasteiger partial charge in [-0.15, -0.1) is 0 Å². The molecule has 1 saturated heterocycles. The first-order chi connectivity index (χ1) is 12.6. The molecule has 1 aliphatic heterocycles. The lowest BCUT2D eigenvalue weighted by molar-refractivity contribution is 0.180. The predicted molar refractivity (Wildman–Crippen MR) is 108 cm³/mol. The van der Waals surface area contributed by atoms with Crippen molar-refractivity contribution >= 4 is 29.1 Å². The SMILES string of the molecule is CCCc1cc(N2CCCC2COC)nc(Nc2ccc(C)c(Cl)c2)n1. The third kappa shape index (κ3) is 4.46. The molecule has 1 aromatic carbocycles. The van der Waals surface area contributed by atoms with Crippen LogP contribution in [-0.4, -0.2) is 36.3 Å². The Labute approximate surface area is 160 Å². The molecule has 1 atom stereocenters. The molecule has 3 rings (SSSR count). The molecule has 6 heteroatoms. The molecular weight excluding hydrogens is 348 g/mol. The zero-order valence-corrected chi connectivity index (χ0v) is 16.5. The molecule has 1 aromatic heterocycles. The van der Waals surface area contributed by atoms with Gasteiger partial charge in [0.2, 0.25) is 5.95 Å². The number of nitrogens with zero attached hydrogens (tertiary/aromatic N) is 3. The van der Waals surface area contributed by atoms with Gasteiger partial charge in [-0.1, -0.05) is 31.0 Å². The summed E-state index contributed by atoms with van der Waals surface area (Å²) in [5, 5.41) is 4.05. The Bertz CT molecular complexity index is 753. The third-order valence-corrected chi connectivity index (χ3v) is 5.14. The van der Waals surface area contributed by atoms with Crippen molar-refractivity contribution in [1.29, 1.82) is 0 Å². The highest BCUT2D eigenvalue weighted by Gasteiger charge is 2.26. The van der Waals surface area contributed by atoms with Crippen LogP contribution in [0.2, 0.25) is 5.02 Å². The van der Waals surface area contributed by atoms with Crippen molar-refractivity contribution in [2.75, 3.05) is 30.5 Å². The summed E-state index contributed by atoms with van der Waals surface area (Å²) < 4.78 is 5.39. The summed E-state index contributed by atoms with van der Waals surface area (Å²) in [6.07, 6.45) is 4.28. The average molecular weight is 375 g/mol. The van der Waals surface area contributed by atoms with Gasteiger partial charge in [0.25, 0.3) is 0 Å². The molecule has 0 bridgehead atoms. The Morgan fingerprint density at radius 3 is 2.88 bits per heavy atom. The number of ether oxygens (including phenoxy) is 1. The number of nitrogens with one attached hydrogen (secondary N) is 1. The van der Waals surface area contributed by atoms with Gasteiger partial charge in [0.1, 0.15) is 5.82 Å². The lowest BCUT2D eigenvalue weighted by Gasteiger charge is -2.26. The van der Waals surface area contributed by atoms with Crippen LogP contribution in [-0.2, 0) is 11.2 Å². The molecule has 5 nitrogen and oxygen atoms in total. The van der Waals surface area contributed by atoms with E-state index in [1.807, 2.05) is 25.1 Å². The molecule has 0 amide bonds. The maximum Gasteiger partial charge on any atom is 0.229 e. The number of rotatable bonds is 7. The molecule has 140 valence electrons. The van der Waals surface area contributed by atoms with Crippen molar-refractivity contribution in [1.82, 2.24) is 9.97 Å². The first-order valence-corrected chi connectivity index (χ1v) is 9.65. The number of hydrogen-bond acceptors (Lipinski definition) is 5. The van der Waals surface area contributed by atoms with Crippen LogP contribution in [0.15, 0.2) is 24.3 Å². The van der Waals surface area contributed by atoms with Gasteiger partial charge in [0.05, 0.1) is 12.6 Å². The zero-order valence-electron chi connectivity index (χ0n) is 15.8. The fourth-order valence-electron chi connectivity index (χ4n) is 3.37. The third-order valence-electron chi connectivity index (χ3n) is 4.73. The fraction of sp³-hybridized carbons (Fsp3) is 0.500. The second kappa shape index (κ2) is 8.69. The van der Waals surface area contributed by atoms with Gasteiger partial charge < -0.3 is 15.0 Å². The van der Waals surface area contributed by atoms with E-state index in [2.05, 4.69) is 28.2 Å². The smallest absolute Gasteiger partial charge is 0.229 e. The predicted octanol–water partition coefficient (Wildman–Crippen LogP) is 4.75. The quantitative estimate of drug-likeness (QED) is 0.757. The number of hydrogen-bond donors (Lipinski definition) is 1. The van der Waals surface area contributed by atoms with Gasteiger partial charge in [-0.25, -0.2) is 4.98 Å². The number of aromatic nitrogens is 2. The van der Waals surface area contributed by atoms with Crippen LogP contribution >= 0.6 is 11.6 Å². The van der Waals surface area contributed by atoms with Crippen molar-refractivity contribution < 1.29 is 4.74 Å². The molecule has 26 heavy (non-hydrogen) atoms. The summed E-state index contributed by atoms with van der Waals surface area (Å²) in [4.78, 5) is 11.8. The molecule has 1 aliphatic rings. The molecular formula is C20H27ClN4O. The van der Waals surface area contributed by atoms with E-state index >= 15 is 0 Å². The number of aryl methyl sites for hydroxylation is 2. The average Bonchev–Trinajstić information content (AvgIpc) is 3.07. The van der Waals surface area contributed by atoms with Crippen molar-refractivity contribution in [3.8, 4) is 0 Å². The highest BCUT2D eigenvalue weighted by molar-refractivity contribution is 6.31. The standard InChI is InChI=1S/C20H27ClN4O/c1-4-6-15-12-19(25-10-5-7-17(25)13-26-3)24-20(22-15)23-16-9-8-14(2)18(21)11-16/h8-9,11-12,17H,4-7,10,13H2,1-3H3,(H,22,23,24). The topological polar surface area (TPSA) is 50.3 Å². The minimum Gasteiger partial charge on any atom is -0.383 e. The second-order valence-corrected chi connectivity index (χ2v) is 7.23. The van der Waals surface area contributed by atoms with Crippen LogP contribution in [0, 0.1) is 6.92 Å². The van der Waals surface area contributed by atoms with Crippen LogP contribution in [0.3, 0.4) is 0 Å². The van der Waals surface area contributed by atoms with Crippen LogP contribution in [0.5, 0.6) is 0 Å². The normalized spacial score (nSPS) is 16.9. The van der Waals surface area contributed by atoms with Gasteiger partial charge in [-0.05, 0) is 43.9 Å². The minimum absolute atomic E-state index is 0.381. The Hall–Kier alpha value is -1.85. The molecule has 0 radical (unpaired) electrons. The Morgan fingerprint density at radius 1 is 1.31 bits per heavy atom. The van der Waals surface area contributed by atoms with Gasteiger partial charge >= 0.3 is 0 Å². The van der Waals surface area contributed by atoms with Gasteiger partial charge in [0.15, 0.2) is 0 Å². The highest BCUT2D eigenvalue weighted by atomic mass is 35.5. The van der Waals surface area contributed by atoms with E-state index < -0.39 is 0 Å². The molecule has 1 N–H and O–H groups in total. The van der Waals surface area contributed by atoms with E-state index in [0.29, 0.717) is 12.0 Å². The van der Waals surface area contributed by atoms with Crippen LogP contribution in [0.1, 0.15) is 37.4 Å². The lowest BCUT2D eigenvalue weighted by atomic mass is 10.2.